The van der Waals surface area contributed by atoms with Gasteiger partial charge in [0.15, 0.2) is 0 Å². The van der Waals surface area contributed by atoms with Gasteiger partial charge in [0.2, 0.25) is 0 Å². The molecular weight excluding hydrogens is 596 g/mol. The van der Waals surface area contributed by atoms with Crippen LogP contribution in [0.5, 0.6) is 5.75 Å². The van der Waals surface area contributed by atoms with Crippen molar-refractivity contribution >= 4 is 17.9 Å². The highest BCUT2D eigenvalue weighted by Gasteiger charge is 2.71. The van der Waals surface area contributed by atoms with Gasteiger partial charge < -0.3 is 34.2 Å². The molecular formula is C34H44N2O10. The standard InChI is InChI=1S/C34H44N2O10/c1-7-9-21(35)30(40)45-25-11-12-32(4)24(33(25,5)17-42-18(2)37)15-26(43-19(3)38)34(6)29(32)28(39)27-23(46-34)14-22(44-31(27)41)20-10-8-13-36-16-20/h8,10,13-14,16,21,24-26,28-29,39H,7,9,11-12,15,17,35H2,1-6H3/t21?,24?,25-,26-,28-,29?,32-,33?,34+/m0/s1. The van der Waals surface area contributed by atoms with E-state index in [4.69, 9.17) is 29.1 Å². The van der Waals surface area contributed by atoms with E-state index in [0.29, 0.717) is 31.2 Å². The molecule has 0 bridgehead atoms. The van der Waals surface area contributed by atoms with E-state index in [9.17, 15) is 24.3 Å². The van der Waals surface area contributed by atoms with Crippen LogP contribution in [0.2, 0.25) is 0 Å². The summed E-state index contributed by atoms with van der Waals surface area (Å²) in [6.45, 7) is 10.1. The fourth-order valence-corrected chi connectivity index (χ4v) is 8.49. The van der Waals surface area contributed by atoms with Gasteiger partial charge in [-0.2, -0.15) is 0 Å². The Morgan fingerprint density at radius 1 is 1.15 bits per heavy atom. The minimum Gasteiger partial charge on any atom is -0.482 e. The number of hydrogen-bond donors (Lipinski definition) is 2. The Labute approximate surface area is 267 Å². The van der Waals surface area contributed by atoms with Crippen LogP contribution in [-0.4, -0.2) is 58.5 Å². The van der Waals surface area contributed by atoms with Gasteiger partial charge in [-0.05, 0) is 56.1 Å². The molecule has 12 nitrogen and oxygen atoms in total. The minimum absolute atomic E-state index is 0.0284. The molecule has 0 amide bonds. The van der Waals surface area contributed by atoms with Crippen molar-refractivity contribution in [3.8, 4) is 17.1 Å². The average molecular weight is 641 g/mol. The third-order valence-corrected chi connectivity index (χ3v) is 10.6. The number of aliphatic hydroxyl groups excluding tert-OH is 1. The summed E-state index contributed by atoms with van der Waals surface area (Å²) in [6, 6.07) is 4.19. The van der Waals surface area contributed by atoms with Crippen LogP contribution in [0.1, 0.15) is 85.3 Å². The molecule has 0 radical (unpaired) electrons. The number of nitrogens with zero attached hydrogens (tertiary/aromatic N) is 1. The largest absolute Gasteiger partial charge is 0.482 e. The van der Waals surface area contributed by atoms with E-state index in [-0.39, 0.29) is 30.1 Å². The monoisotopic (exact) mass is 640 g/mol. The van der Waals surface area contributed by atoms with Crippen molar-refractivity contribution in [1.82, 2.24) is 4.98 Å². The Kier molecular flexibility index (Phi) is 9.09. The number of nitrogens with two attached hydrogens (primary N) is 1. The Morgan fingerprint density at radius 3 is 2.52 bits per heavy atom. The van der Waals surface area contributed by atoms with Gasteiger partial charge in [-0.15, -0.1) is 0 Å². The SMILES string of the molecule is CCCC(N)C(=O)O[C@H]1CC[C@@]2(C)C(C[C@H](OC(C)=O)[C@@]3(C)Oc4cc(-c5cccnc5)oc(=O)c4[C@H](O)C23)C1(C)COC(C)=O. The van der Waals surface area contributed by atoms with Crippen molar-refractivity contribution in [2.75, 3.05) is 6.61 Å². The molecule has 3 aliphatic rings. The summed E-state index contributed by atoms with van der Waals surface area (Å²) in [4.78, 5) is 55.4. The smallest absolute Gasteiger partial charge is 0.345 e. The average Bonchev–Trinajstić information content (AvgIpc) is 2.98. The van der Waals surface area contributed by atoms with E-state index in [2.05, 4.69) is 4.98 Å². The summed E-state index contributed by atoms with van der Waals surface area (Å²) in [6.07, 6.45) is 2.42. The number of hydrogen-bond acceptors (Lipinski definition) is 12. The second-order valence-corrected chi connectivity index (χ2v) is 13.7. The molecule has 5 rings (SSSR count). The van der Waals surface area contributed by atoms with Crippen LogP contribution in [0.25, 0.3) is 11.3 Å². The third-order valence-electron chi connectivity index (χ3n) is 10.6. The maximum absolute atomic E-state index is 13.5. The number of pyridine rings is 1. The molecule has 2 aliphatic carbocycles. The van der Waals surface area contributed by atoms with Gasteiger partial charge in [0.25, 0.3) is 0 Å². The molecule has 4 unspecified atom stereocenters. The van der Waals surface area contributed by atoms with E-state index in [1.54, 1.807) is 37.5 Å². The normalized spacial score (nSPS) is 33.7. The Bertz CT molecular complexity index is 1540. The molecule has 12 heteroatoms. The predicted molar refractivity (Wildman–Crippen MR) is 164 cm³/mol. The molecule has 0 spiro atoms. The van der Waals surface area contributed by atoms with E-state index >= 15 is 0 Å². The lowest BCUT2D eigenvalue weighted by Crippen LogP contribution is -2.71. The molecule has 2 aromatic heterocycles. The first kappa shape index (κ1) is 33.6. The van der Waals surface area contributed by atoms with Gasteiger partial charge >= 0.3 is 23.5 Å². The maximum Gasteiger partial charge on any atom is 0.345 e. The van der Waals surface area contributed by atoms with Crippen molar-refractivity contribution in [3.05, 3.63) is 46.6 Å². The lowest BCUT2D eigenvalue weighted by atomic mass is 9.42. The molecule has 2 fully saturated rings. The summed E-state index contributed by atoms with van der Waals surface area (Å²) >= 11 is 0. The van der Waals surface area contributed by atoms with Crippen LogP contribution in [-0.2, 0) is 28.6 Å². The number of esters is 3. The summed E-state index contributed by atoms with van der Waals surface area (Å²) in [5.74, 6) is -2.46. The number of aliphatic hydroxyl groups is 1. The topological polar surface area (TPSA) is 177 Å². The van der Waals surface area contributed by atoms with Crippen LogP contribution in [0.4, 0.5) is 0 Å². The van der Waals surface area contributed by atoms with Crippen molar-refractivity contribution < 1.29 is 42.9 Å². The van der Waals surface area contributed by atoms with E-state index in [1.807, 2.05) is 20.8 Å². The predicted octanol–water partition coefficient (Wildman–Crippen LogP) is 3.86. The Hall–Kier alpha value is -3.77. The van der Waals surface area contributed by atoms with Gasteiger partial charge in [-0.3, -0.25) is 19.4 Å². The molecule has 3 heterocycles. The van der Waals surface area contributed by atoms with Gasteiger partial charge in [0, 0.05) is 49.2 Å². The van der Waals surface area contributed by atoms with Gasteiger partial charge in [0.05, 0.1) is 6.10 Å². The summed E-state index contributed by atoms with van der Waals surface area (Å²) in [5, 5.41) is 12.2. The van der Waals surface area contributed by atoms with E-state index in [1.165, 1.54) is 13.8 Å². The zero-order valence-electron chi connectivity index (χ0n) is 27.2. The Balaban J connectivity index is 1.62. The lowest BCUT2D eigenvalue weighted by Gasteiger charge is -2.66. The van der Waals surface area contributed by atoms with Crippen LogP contribution >= 0.6 is 0 Å². The zero-order valence-corrected chi connectivity index (χ0v) is 27.2. The number of carbonyl (C=O) groups excluding carboxylic acids is 3. The summed E-state index contributed by atoms with van der Waals surface area (Å²) in [7, 11) is 0. The molecule has 1 aliphatic heterocycles. The van der Waals surface area contributed by atoms with Crippen molar-refractivity contribution in [3.63, 3.8) is 0 Å². The number of aromatic nitrogens is 1. The van der Waals surface area contributed by atoms with Crippen molar-refractivity contribution in [2.45, 2.75) is 104 Å². The second kappa shape index (κ2) is 12.4. The molecule has 2 aromatic rings. The maximum atomic E-state index is 13.5. The minimum atomic E-state index is -1.37. The molecule has 9 atom stereocenters. The van der Waals surface area contributed by atoms with Gasteiger partial charge in [0.1, 0.15) is 47.5 Å². The highest BCUT2D eigenvalue weighted by Crippen LogP contribution is 2.67. The number of ether oxygens (including phenoxy) is 4. The molecule has 46 heavy (non-hydrogen) atoms. The molecule has 3 N–H and O–H groups in total. The highest BCUT2D eigenvalue weighted by molar-refractivity contribution is 5.75. The third kappa shape index (κ3) is 5.70. The van der Waals surface area contributed by atoms with Crippen LogP contribution in [0.3, 0.4) is 0 Å². The van der Waals surface area contributed by atoms with Gasteiger partial charge in [-0.25, -0.2) is 4.79 Å². The fourth-order valence-electron chi connectivity index (χ4n) is 8.49. The first-order chi connectivity index (χ1) is 21.7. The summed E-state index contributed by atoms with van der Waals surface area (Å²) in [5.41, 5.74) is 2.84. The first-order valence-electron chi connectivity index (χ1n) is 15.9. The van der Waals surface area contributed by atoms with Crippen LogP contribution in [0.15, 0.2) is 39.8 Å². The number of carbonyl (C=O) groups is 3. The number of fused-ring (bicyclic) bond motifs is 4. The zero-order chi connectivity index (χ0) is 33.6. The van der Waals surface area contributed by atoms with E-state index in [0.717, 1.165) is 0 Å². The van der Waals surface area contributed by atoms with E-state index < -0.39 is 76.2 Å². The quantitative estimate of drug-likeness (QED) is 0.315. The molecule has 0 aromatic carbocycles. The van der Waals surface area contributed by atoms with Crippen molar-refractivity contribution in [1.29, 1.82) is 0 Å². The summed E-state index contributed by atoms with van der Waals surface area (Å²) < 4.78 is 29.9. The lowest BCUT2D eigenvalue weighted by molar-refractivity contribution is -0.271. The van der Waals surface area contributed by atoms with Gasteiger partial charge in [-0.1, -0.05) is 27.2 Å². The molecule has 0 saturated heterocycles. The first-order valence-corrected chi connectivity index (χ1v) is 15.9. The second-order valence-electron chi connectivity index (χ2n) is 13.7. The van der Waals surface area contributed by atoms with Crippen molar-refractivity contribution in [2.24, 2.45) is 28.4 Å². The highest BCUT2D eigenvalue weighted by atomic mass is 16.6. The van der Waals surface area contributed by atoms with Crippen LogP contribution in [0, 0.1) is 22.7 Å². The fraction of sp³-hybridized carbons (Fsp3) is 0.618. The molecule has 250 valence electrons. The Morgan fingerprint density at radius 2 is 1.89 bits per heavy atom. The number of rotatable bonds is 8. The molecule has 2 saturated carbocycles. The van der Waals surface area contributed by atoms with Crippen LogP contribution < -0.4 is 16.1 Å².